The third-order valence-corrected chi connectivity index (χ3v) is 2.40. The Labute approximate surface area is 115 Å². The van der Waals surface area contributed by atoms with Gasteiger partial charge in [0, 0.05) is 17.7 Å². The number of nitro benzene ring substituents is 1. The highest BCUT2D eigenvalue weighted by atomic mass is 16.6. The second kappa shape index (κ2) is 7.11. The lowest BCUT2D eigenvalue weighted by Crippen LogP contribution is -2.29. The fourth-order valence-electron chi connectivity index (χ4n) is 1.45. The molecule has 7 nitrogen and oxygen atoms in total. The molecular formula is C13H14N2O5. The van der Waals surface area contributed by atoms with Crippen LogP contribution in [0.5, 0.6) is 5.75 Å². The van der Waals surface area contributed by atoms with E-state index < -0.39 is 16.9 Å². The zero-order chi connectivity index (χ0) is 15.1. The van der Waals surface area contributed by atoms with E-state index in [9.17, 15) is 20.0 Å². The van der Waals surface area contributed by atoms with Gasteiger partial charge in [-0.25, -0.2) is 0 Å². The highest BCUT2D eigenvalue weighted by Gasteiger charge is 2.16. The number of nitrogens with one attached hydrogen (secondary N) is 1. The lowest BCUT2D eigenvalue weighted by Gasteiger charge is -2.12. The fourth-order valence-corrected chi connectivity index (χ4v) is 1.45. The van der Waals surface area contributed by atoms with Crippen LogP contribution < -0.4 is 10.1 Å². The van der Waals surface area contributed by atoms with Crippen LogP contribution in [-0.2, 0) is 4.79 Å². The van der Waals surface area contributed by atoms with Crippen molar-refractivity contribution in [3.05, 3.63) is 33.9 Å². The molecule has 1 amide bonds. The van der Waals surface area contributed by atoms with Crippen LogP contribution in [0.15, 0.2) is 18.2 Å². The molecule has 0 bridgehead atoms. The molecule has 0 radical (unpaired) electrons. The predicted octanol–water partition coefficient (Wildman–Crippen LogP) is 0.776. The van der Waals surface area contributed by atoms with Crippen LogP contribution in [0.1, 0.15) is 18.6 Å². The third-order valence-electron chi connectivity index (χ3n) is 2.40. The Morgan fingerprint density at radius 2 is 2.35 bits per heavy atom. The first-order chi connectivity index (χ1) is 9.45. The second-order valence-electron chi connectivity index (χ2n) is 3.92. The number of aliphatic hydroxyl groups excluding tert-OH is 1. The van der Waals surface area contributed by atoms with Crippen LogP contribution >= 0.6 is 0 Å². The van der Waals surface area contributed by atoms with Crippen molar-refractivity contribution in [2.24, 2.45) is 0 Å². The number of hydrogen-bond acceptors (Lipinski definition) is 5. The van der Waals surface area contributed by atoms with E-state index in [1.807, 2.05) is 0 Å². The number of ether oxygens (including phenoxy) is 1. The zero-order valence-electron chi connectivity index (χ0n) is 10.8. The first kappa shape index (κ1) is 15.5. The standard InChI is InChI=1S/C13H14N2O5/c1-3-6-14-13(17)8-20-12-5-4-10(15(18)19)7-11(12)9(2)16/h1,4-5,7,9,16H,6,8H2,2H3,(H,14,17)/t9-/m1/s1. The lowest BCUT2D eigenvalue weighted by molar-refractivity contribution is -0.385. The number of carbonyl (C=O) groups is 1. The van der Waals surface area contributed by atoms with E-state index in [1.54, 1.807) is 0 Å². The molecule has 0 saturated heterocycles. The van der Waals surface area contributed by atoms with Crippen molar-refractivity contribution in [1.82, 2.24) is 5.32 Å². The maximum Gasteiger partial charge on any atom is 0.270 e. The average molecular weight is 278 g/mol. The average Bonchev–Trinajstić information content (AvgIpc) is 2.42. The lowest BCUT2D eigenvalue weighted by atomic mass is 10.1. The van der Waals surface area contributed by atoms with Gasteiger partial charge in [-0.15, -0.1) is 6.42 Å². The summed E-state index contributed by atoms with van der Waals surface area (Å²) in [4.78, 5) is 21.4. The number of hydrogen-bond donors (Lipinski definition) is 2. The molecule has 0 unspecified atom stereocenters. The second-order valence-corrected chi connectivity index (χ2v) is 3.92. The van der Waals surface area contributed by atoms with Gasteiger partial charge in [-0.2, -0.15) is 0 Å². The molecule has 1 aromatic rings. The zero-order valence-corrected chi connectivity index (χ0v) is 10.8. The Morgan fingerprint density at radius 1 is 1.65 bits per heavy atom. The van der Waals surface area contributed by atoms with Gasteiger partial charge in [0.25, 0.3) is 11.6 Å². The van der Waals surface area contributed by atoms with Gasteiger partial charge in [-0.3, -0.25) is 14.9 Å². The summed E-state index contributed by atoms with van der Waals surface area (Å²) >= 11 is 0. The van der Waals surface area contributed by atoms with Crippen LogP contribution in [0.25, 0.3) is 0 Å². The summed E-state index contributed by atoms with van der Waals surface area (Å²) in [5.74, 6) is 2.03. The molecule has 0 saturated carbocycles. The van der Waals surface area contributed by atoms with E-state index in [2.05, 4.69) is 11.2 Å². The van der Waals surface area contributed by atoms with Crippen molar-refractivity contribution in [2.45, 2.75) is 13.0 Å². The number of benzene rings is 1. The van der Waals surface area contributed by atoms with Crippen molar-refractivity contribution in [1.29, 1.82) is 0 Å². The summed E-state index contributed by atoms with van der Waals surface area (Å²) in [5, 5.41) is 22.7. The van der Waals surface area contributed by atoms with E-state index in [4.69, 9.17) is 11.2 Å². The number of carbonyl (C=O) groups excluding carboxylic acids is 1. The van der Waals surface area contributed by atoms with E-state index in [0.717, 1.165) is 0 Å². The Balaban J connectivity index is 2.82. The molecule has 0 aliphatic rings. The number of aliphatic hydroxyl groups is 1. The molecule has 1 aromatic carbocycles. The molecule has 20 heavy (non-hydrogen) atoms. The van der Waals surface area contributed by atoms with Crippen LogP contribution in [-0.4, -0.2) is 29.1 Å². The highest BCUT2D eigenvalue weighted by Crippen LogP contribution is 2.29. The number of nitrogens with zero attached hydrogens (tertiary/aromatic N) is 1. The maximum atomic E-state index is 11.3. The molecule has 7 heteroatoms. The van der Waals surface area contributed by atoms with Gasteiger partial charge in [0.05, 0.1) is 17.6 Å². The minimum atomic E-state index is -0.960. The molecule has 0 aliphatic heterocycles. The van der Waals surface area contributed by atoms with Crippen LogP contribution in [0.2, 0.25) is 0 Å². The minimum absolute atomic E-state index is 0.0890. The molecule has 0 aromatic heterocycles. The number of non-ortho nitro benzene ring substituents is 1. The van der Waals surface area contributed by atoms with Gasteiger partial charge in [0.1, 0.15) is 5.75 Å². The van der Waals surface area contributed by atoms with Crippen molar-refractivity contribution in [3.8, 4) is 18.1 Å². The molecule has 0 aliphatic carbocycles. The molecular weight excluding hydrogens is 264 g/mol. The van der Waals surface area contributed by atoms with Crippen molar-refractivity contribution in [3.63, 3.8) is 0 Å². The molecule has 1 rings (SSSR count). The van der Waals surface area contributed by atoms with Crippen molar-refractivity contribution in [2.75, 3.05) is 13.2 Å². The van der Waals surface area contributed by atoms with E-state index >= 15 is 0 Å². The topological polar surface area (TPSA) is 102 Å². The van der Waals surface area contributed by atoms with Gasteiger partial charge >= 0.3 is 0 Å². The Kier molecular flexibility index (Phi) is 5.50. The minimum Gasteiger partial charge on any atom is -0.483 e. The first-order valence-corrected chi connectivity index (χ1v) is 5.75. The molecule has 1 atom stereocenters. The SMILES string of the molecule is C#CCNC(=O)COc1ccc([N+](=O)[O-])cc1[C@@H](C)O. The summed E-state index contributed by atoms with van der Waals surface area (Å²) < 4.78 is 5.23. The van der Waals surface area contributed by atoms with E-state index in [1.165, 1.54) is 25.1 Å². The normalized spacial score (nSPS) is 11.2. The first-order valence-electron chi connectivity index (χ1n) is 5.75. The van der Waals surface area contributed by atoms with Gasteiger partial charge in [-0.1, -0.05) is 5.92 Å². The summed E-state index contributed by atoms with van der Waals surface area (Å²) in [7, 11) is 0. The molecule has 0 spiro atoms. The van der Waals surface area contributed by atoms with Crippen LogP contribution in [0.3, 0.4) is 0 Å². The molecule has 0 heterocycles. The highest BCUT2D eigenvalue weighted by molar-refractivity contribution is 5.77. The molecule has 2 N–H and O–H groups in total. The summed E-state index contributed by atoms with van der Waals surface area (Å²) in [6.45, 7) is 1.25. The quantitative estimate of drug-likeness (QED) is 0.455. The number of nitro groups is 1. The maximum absolute atomic E-state index is 11.3. The van der Waals surface area contributed by atoms with Gasteiger partial charge in [-0.05, 0) is 13.0 Å². The third kappa shape index (κ3) is 4.26. The summed E-state index contributed by atoms with van der Waals surface area (Å²) in [5.41, 5.74) is 0.0778. The van der Waals surface area contributed by atoms with Gasteiger partial charge in [0.2, 0.25) is 0 Å². The number of rotatable bonds is 6. The fraction of sp³-hybridized carbons (Fsp3) is 0.308. The Bertz CT molecular complexity index is 548. The van der Waals surface area contributed by atoms with Gasteiger partial charge in [0.15, 0.2) is 6.61 Å². The van der Waals surface area contributed by atoms with Crippen molar-refractivity contribution < 1.29 is 19.6 Å². The summed E-state index contributed by atoms with van der Waals surface area (Å²) in [6, 6.07) is 3.79. The van der Waals surface area contributed by atoms with E-state index in [0.29, 0.717) is 0 Å². The smallest absolute Gasteiger partial charge is 0.270 e. The largest absolute Gasteiger partial charge is 0.483 e. The number of terminal acetylenes is 1. The van der Waals surface area contributed by atoms with Crippen LogP contribution in [0.4, 0.5) is 5.69 Å². The summed E-state index contributed by atoms with van der Waals surface area (Å²) in [6.07, 6.45) is 4.03. The van der Waals surface area contributed by atoms with Gasteiger partial charge < -0.3 is 15.2 Å². The van der Waals surface area contributed by atoms with Crippen LogP contribution in [0, 0.1) is 22.5 Å². The number of amides is 1. The molecule has 106 valence electrons. The van der Waals surface area contributed by atoms with E-state index in [-0.39, 0.29) is 30.2 Å². The monoisotopic (exact) mass is 278 g/mol. The molecule has 0 fully saturated rings. The predicted molar refractivity (Wildman–Crippen MR) is 71.1 cm³/mol. The Morgan fingerprint density at radius 3 is 2.90 bits per heavy atom. The Hall–Kier alpha value is -2.59. The van der Waals surface area contributed by atoms with Crippen molar-refractivity contribution >= 4 is 11.6 Å².